The van der Waals surface area contributed by atoms with E-state index in [1.807, 2.05) is 30.3 Å². The first-order valence-electron chi connectivity index (χ1n) is 12.2. The van der Waals surface area contributed by atoms with Gasteiger partial charge in [-0.1, -0.05) is 42.5 Å². The van der Waals surface area contributed by atoms with Crippen LogP contribution in [0, 0.1) is 6.92 Å². The van der Waals surface area contributed by atoms with Crippen LogP contribution in [0.1, 0.15) is 11.1 Å². The maximum atomic E-state index is 13.4. The molecular formula is C28H31N3O6S. The fraction of sp³-hybridized carbons (Fsp3) is 0.286. The molecule has 0 saturated heterocycles. The smallest absolute Gasteiger partial charge is 0.262 e. The van der Waals surface area contributed by atoms with Crippen molar-refractivity contribution in [1.29, 1.82) is 0 Å². The van der Waals surface area contributed by atoms with Crippen molar-refractivity contribution in [3.05, 3.63) is 83.9 Å². The van der Waals surface area contributed by atoms with Gasteiger partial charge in [-0.3, -0.25) is 9.59 Å². The topological polar surface area (TPSA) is 105 Å². The third kappa shape index (κ3) is 5.98. The van der Waals surface area contributed by atoms with Gasteiger partial charge in [0.2, 0.25) is 15.9 Å². The highest BCUT2D eigenvalue weighted by Crippen LogP contribution is 2.33. The van der Waals surface area contributed by atoms with E-state index in [4.69, 9.17) is 9.47 Å². The molecule has 0 bridgehead atoms. The molecule has 1 atom stereocenters. The van der Waals surface area contributed by atoms with E-state index in [1.165, 1.54) is 31.2 Å². The predicted molar refractivity (Wildman–Crippen MR) is 144 cm³/mol. The molecule has 2 amide bonds. The van der Waals surface area contributed by atoms with E-state index in [0.717, 1.165) is 9.87 Å². The molecule has 3 aromatic carbocycles. The number of hydrogen-bond acceptors (Lipinski definition) is 6. The normalized spacial score (nSPS) is 14.9. The third-order valence-corrected chi connectivity index (χ3v) is 8.15. The number of sulfonamides is 1. The number of anilines is 1. The fourth-order valence-corrected chi connectivity index (χ4v) is 5.45. The minimum atomic E-state index is -3.95. The highest BCUT2D eigenvalue weighted by atomic mass is 32.2. The van der Waals surface area contributed by atoms with E-state index >= 15 is 0 Å². The number of amides is 2. The Morgan fingerprint density at radius 1 is 1.08 bits per heavy atom. The van der Waals surface area contributed by atoms with Crippen LogP contribution in [0.25, 0.3) is 0 Å². The van der Waals surface area contributed by atoms with E-state index in [1.54, 1.807) is 37.3 Å². The summed E-state index contributed by atoms with van der Waals surface area (Å²) in [7, 11) is -1.08. The molecule has 4 rings (SSSR count). The number of rotatable bonds is 9. The zero-order valence-electron chi connectivity index (χ0n) is 21.6. The standard InChI is InChI=1S/C28H31N3O6S/c1-20-17-22(13-14-24(20)36-3)38(34,35)30(2)19-27(32)31-18-26(37-25-12-8-7-11-23(25)31)28(33)29-16-15-21-9-5-4-6-10-21/h4-14,17,26H,15-16,18-19H2,1-3H3,(H,29,33). The molecule has 0 aromatic heterocycles. The zero-order chi connectivity index (χ0) is 27.3. The minimum absolute atomic E-state index is 0.0391. The number of aryl methyl sites for hydroxylation is 1. The monoisotopic (exact) mass is 537 g/mol. The van der Waals surface area contributed by atoms with Crippen molar-refractivity contribution >= 4 is 27.5 Å². The van der Waals surface area contributed by atoms with Crippen molar-refractivity contribution in [3.8, 4) is 11.5 Å². The summed E-state index contributed by atoms with van der Waals surface area (Å²) in [4.78, 5) is 27.8. The van der Waals surface area contributed by atoms with Gasteiger partial charge in [-0.25, -0.2) is 8.42 Å². The Kier molecular flexibility index (Phi) is 8.33. The van der Waals surface area contributed by atoms with Gasteiger partial charge in [-0.05, 0) is 54.8 Å². The number of para-hydroxylation sites is 2. The molecular weight excluding hydrogens is 506 g/mol. The Labute approximate surface area is 223 Å². The summed E-state index contributed by atoms with van der Waals surface area (Å²) in [5.41, 5.74) is 2.24. The number of ether oxygens (including phenoxy) is 2. The molecule has 1 aliphatic rings. The quantitative estimate of drug-likeness (QED) is 0.450. The van der Waals surface area contributed by atoms with Gasteiger partial charge in [-0.2, -0.15) is 4.31 Å². The van der Waals surface area contributed by atoms with Crippen molar-refractivity contribution in [3.63, 3.8) is 0 Å². The number of likely N-dealkylation sites (N-methyl/N-ethyl adjacent to an activating group) is 1. The summed E-state index contributed by atoms with van der Waals surface area (Å²) >= 11 is 0. The molecule has 200 valence electrons. The molecule has 0 aliphatic carbocycles. The van der Waals surface area contributed by atoms with Crippen LogP contribution in [-0.4, -0.2) is 64.4 Å². The van der Waals surface area contributed by atoms with Crippen LogP contribution in [0.2, 0.25) is 0 Å². The SMILES string of the molecule is COc1ccc(S(=O)(=O)N(C)CC(=O)N2CC(C(=O)NCCc3ccccc3)Oc3ccccc32)cc1C. The van der Waals surface area contributed by atoms with Gasteiger partial charge in [-0.15, -0.1) is 0 Å². The molecule has 10 heteroatoms. The molecule has 9 nitrogen and oxygen atoms in total. The van der Waals surface area contributed by atoms with Gasteiger partial charge in [0.15, 0.2) is 6.10 Å². The first-order chi connectivity index (χ1) is 18.2. The predicted octanol–water partition coefficient (Wildman–Crippen LogP) is 2.78. The van der Waals surface area contributed by atoms with Crippen LogP contribution in [0.15, 0.2) is 77.7 Å². The molecule has 1 heterocycles. The second-order valence-corrected chi connectivity index (χ2v) is 11.0. The van der Waals surface area contributed by atoms with E-state index in [-0.39, 0.29) is 17.3 Å². The molecule has 0 fully saturated rings. The molecule has 0 saturated carbocycles. The van der Waals surface area contributed by atoms with Crippen molar-refractivity contribution in [1.82, 2.24) is 9.62 Å². The Bertz CT molecular complexity index is 1410. The lowest BCUT2D eigenvalue weighted by Gasteiger charge is -2.35. The highest BCUT2D eigenvalue weighted by Gasteiger charge is 2.35. The fourth-order valence-electron chi connectivity index (χ4n) is 4.25. The van der Waals surface area contributed by atoms with Crippen molar-refractivity contribution in [2.24, 2.45) is 0 Å². The number of nitrogens with zero attached hydrogens (tertiary/aromatic N) is 2. The van der Waals surface area contributed by atoms with Crippen LogP contribution in [0.4, 0.5) is 5.69 Å². The summed E-state index contributed by atoms with van der Waals surface area (Å²) in [6.07, 6.45) is -0.276. The van der Waals surface area contributed by atoms with E-state index in [2.05, 4.69) is 5.32 Å². The maximum Gasteiger partial charge on any atom is 0.262 e. The number of nitrogens with one attached hydrogen (secondary N) is 1. The van der Waals surface area contributed by atoms with Crippen LogP contribution in [0.5, 0.6) is 11.5 Å². The number of carbonyl (C=O) groups is 2. The molecule has 1 aliphatic heterocycles. The van der Waals surface area contributed by atoms with Gasteiger partial charge in [0, 0.05) is 13.6 Å². The Morgan fingerprint density at radius 3 is 2.50 bits per heavy atom. The van der Waals surface area contributed by atoms with E-state index in [9.17, 15) is 18.0 Å². The van der Waals surface area contributed by atoms with Crippen molar-refractivity contribution in [2.45, 2.75) is 24.3 Å². The first-order valence-corrected chi connectivity index (χ1v) is 13.6. The average Bonchev–Trinajstić information content (AvgIpc) is 2.92. The second-order valence-electron chi connectivity index (χ2n) is 9.00. The van der Waals surface area contributed by atoms with Crippen LogP contribution in [0.3, 0.4) is 0 Å². The Morgan fingerprint density at radius 2 is 1.79 bits per heavy atom. The van der Waals surface area contributed by atoms with Gasteiger partial charge in [0.05, 0.1) is 30.8 Å². The lowest BCUT2D eigenvalue weighted by molar-refractivity contribution is -0.128. The van der Waals surface area contributed by atoms with Crippen LogP contribution in [-0.2, 0) is 26.0 Å². The lowest BCUT2D eigenvalue weighted by atomic mass is 10.1. The molecule has 1 unspecified atom stereocenters. The number of carbonyl (C=O) groups excluding carboxylic acids is 2. The minimum Gasteiger partial charge on any atom is -0.496 e. The number of methoxy groups -OCH3 is 1. The number of hydrogen-bond donors (Lipinski definition) is 1. The van der Waals surface area contributed by atoms with Gasteiger partial charge < -0.3 is 19.7 Å². The molecule has 0 radical (unpaired) electrons. The van der Waals surface area contributed by atoms with Crippen LogP contribution < -0.4 is 19.7 Å². The number of benzene rings is 3. The van der Waals surface area contributed by atoms with Crippen molar-refractivity contribution in [2.75, 3.05) is 38.7 Å². The molecule has 0 spiro atoms. The molecule has 38 heavy (non-hydrogen) atoms. The summed E-state index contributed by atoms with van der Waals surface area (Å²) in [5, 5.41) is 2.87. The third-order valence-electron chi connectivity index (χ3n) is 6.36. The van der Waals surface area contributed by atoms with Crippen molar-refractivity contribution < 1.29 is 27.5 Å². The molecule has 1 N–H and O–H groups in total. The summed E-state index contributed by atoms with van der Waals surface area (Å²) in [6.45, 7) is 1.71. The summed E-state index contributed by atoms with van der Waals surface area (Å²) < 4.78 is 38.5. The van der Waals surface area contributed by atoms with Gasteiger partial charge in [0.1, 0.15) is 11.5 Å². The number of fused-ring (bicyclic) bond motifs is 1. The average molecular weight is 538 g/mol. The maximum absolute atomic E-state index is 13.4. The van der Waals surface area contributed by atoms with Gasteiger partial charge in [0.25, 0.3) is 5.91 Å². The largest absolute Gasteiger partial charge is 0.496 e. The lowest BCUT2D eigenvalue weighted by Crippen LogP contribution is -2.52. The van der Waals surface area contributed by atoms with E-state index < -0.39 is 28.6 Å². The zero-order valence-corrected chi connectivity index (χ0v) is 22.4. The summed E-state index contributed by atoms with van der Waals surface area (Å²) in [5.74, 6) is 0.134. The molecule has 3 aromatic rings. The highest BCUT2D eigenvalue weighted by molar-refractivity contribution is 7.89. The second kappa shape index (κ2) is 11.7. The Hall–Kier alpha value is -3.89. The van der Waals surface area contributed by atoms with Crippen LogP contribution >= 0.6 is 0 Å². The first kappa shape index (κ1) is 27.2. The van der Waals surface area contributed by atoms with Gasteiger partial charge >= 0.3 is 0 Å². The summed E-state index contributed by atoms with van der Waals surface area (Å²) in [6, 6.07) is 21.2. The van der Waals surface area contributed by atoms with E-state index in [0.29, 0.717) is 35.7 Å². The Balaban J connectivity index is 1.46.